The molecular formula is C22H26Cl2N4O. The predicted octanol–water partition coefficient (Wildman–Crippen LogP) is 4.63. The minimum Gasteiger partial charge on any atom is -0.397 e. The molecule has 1 aromatic rings. The molecular weight excluding hydrogens is 407 g/mol. The fourth-order valence-corrected chi connectivity index (χ4v) is 3.30. The van der Waals surface area contributed by atoms with Crippen LogP contribution < -0.4 is 5.73 Å². The summed E-state index contributed by atoms with van der Waals surface area (Å²) >= 11 is 12.1. The lowest BCUT2D eigenvalue weighted by molar-refractivity contribution is -0.104. The molecule has 2 rings (SSSR count). The van der Waals surface area contributed by atoms with Crippen LogP contribution in [0.3, 0.4) is 0 Å². The van der Waals surface area contributed by atoms with Crippen LogP contribution in [0.25, 0.3) is 0 Å². The third kappa shape index (κ3) is 5.52. The van der Waals surface area contributed by atoms with Crippen molar-refractivity contribution in [3.05, 3.63) is 81.4 Å². The lowest BCUT2D eigenvalue weighted by Crippen LogP contribution is -2.25. The van der Waals surface area contributed by atoms with E-state index in [1.807, 2.05) is 60.6 Å². The normalized spacial score (nSPS) is 18.2. The number of nitrogens with two attached hydrogens (primary N) is 1. The van der Waals surface area contributed by atoms with Gasteiger partial charge in [-0.3, -0.25) is 9.79 Å². The number of hydrogen-bond acceptors (Lipinski definition) is 5. The molecule has 0 fully saturated rings. The molecule has 0 spiro atoms. The van der Waals surface area contributed by atoms with Gasteiger partial charge in [-0.25, -0.2) is 0 Å². The van der Waals surface area contributed by atoms with E-state index in [-0.39, 0.29) is 11.1 Å². The summed E-state index contributed by atoms with van der Waals surface area (Å²) in [5.41, 5.74) is 10.1. The molecule has 154 valence electrons. The van der Waals surface area contributed by atoms with Gasteiger partial charge in [0.1, 0.15) is 0 Å². The standard InChI is InChI=1S/C22H26Cl2N4O/c1-5-10-26-12-20-21(25)15(2)28(19(13-27(3)4)11-18(24)14-29)22(20)16-6-8-17(23)9-7-16/h6-9,11-14,22H,2,5,10,25H2,1,3-4H3/b18-11+,19-13+,26-12?. The van der Waals surface area contributed by atoms with Crippen LogP contribution in [0.5, 0.6) is 0 Å². The van der Waals surface area contributed by atoms with Crippen LogP contribution in [0.15, 0.2) is 75.8 Å². The predicted molar refractivity (Wildman–Crippen MR) is 122 cm³/mol. The van der Waals surface area contributed by atoms with E-state index in [1.54, 1.807) is 6.08 Å². The molecule has 7 heteroatoms. The van der Waals surface area contributed by atoms with Gasteiger partial charge in [0.25, 0.3) is 0 Å². The SMILES string of the molecule is C=C1C(N)=C(C=NCCC)C(c2ccc(Cl)cc2)N1C(/C=C(/Cl)C=O)=C/N(C)C. The van der Waals surface area contributed by atoms with Crippen molar-refractivity contribution < 1.29 is 4.79 Å². The van der Waals surface area contributed by atoms with Crippen LogP contribution in [0, 0.1) is 0 Å². The Kier molecular flexibility index (Phi) is 8.11. The van der Waals surface area contributed by atoms with Gasteiger partial charge in [-0.15, -0.1) is 0 Å². The molecule has 1 aliphatic rings. The number of allylic oxidation sites excluding steroid dienone is 2. The van der Waals surface area contributed by atoms with Gasteiger partial charge in [0, 0.05) is 43.7 Å². The van der Waals surface area contributed by atoms with Crippen molar-refractivity contribution >= 4 is 35.7 Å². The highest BCUT2D eigenvalue weighted by molar-refractivity contribution is 6.38. The highest BCUT2D eigenvalue weighted by Gasteiger charge is 2.36. The summed E-state index contributed by atoms with van der Waals surface area (Å²) in [4.78, 5) is 19.5. The van der Waals surface area contributed by atoms with Gasteiger partial charge >= 0.3 is 0 Å². The number of hydrogen-bond donors (Lipinski definition) is 1. The average Bonchev–Trinajstić information content (AvgIpc) is 2.92. The van der Waals surface area contributed by atoms with Gasteiger partial charge in [0.05, 0.1) is 28.2 Å². The van der Waals surface area contributed by atoms with E-state index in [1.165, 1.54) is 0 Å². The molecule has 0 saturated heterocycles. The number of nitrogens with zero attached hydrogens (tertiary/aromatic N) is 3. The first-order chi connectivity index (χ1) is 13.8. The van der Waals surface area contributed by atoms with Crippen molar-refractivity contribution in [2.45, 2.75) is 19.4 Å². The number of aldehydes is 1. The molecule has 0 aromatic heterocycles. The van der Waals surface area contributed by atoms with E-state index in [2.05, 4.69) is 18.5 Å². The summed E-state index contributed by atoms with van der Waals surface area (Å²) in [6.07, 6.45) is 6.80. The topological polar surface area (TPSA) is 61.9 Å². The van der Waals surface area contributed by atoms with Gasteiger partial charge in [-0.2, -0.15) is 0 Å². The Balaban J connectivity index is 2.66. The van der Waals surface area contributed by atoms with Crippen LogP contribution in [0.1, 0.15) is 24.9 Å². The molecule has 0 radical (unpaired) electrons. The first-order valence-electron chi connectivity index (χ1n) is 9.24. The molecule has 1 aliphatic heterocycles. The molecule has 0 amide bonds. The second-order valence-electron chi connectivity index (χ2n) is 6.84. The van der Waals surface area contributed by atoms with Crippen molar-refractivity contribution in [3.63, 3.8) is 0 Å². The van der Waals surface area contributed by atoms with E-state index in [0.29, 0.717) is 34.9 Å². The maximum absolute atomic E-state index is 11.2. The van der Waals surface area contributed by atoms with Crippen molar-refractivity contribution in [1.29, 1.82) is 0 Å². The lowest BCUT2D eigenvalue weighted by atomic mass is 9.99. The summed E-state index contributed by atoms with van der Waals surface area (Å²) in [5.74, 6) is 0. The summed E-state index contributed by atoms with van der Waals surface area (Å²) in [7, 11) is 3.78. The van der Waals surface area contributed by atoms with Crippen LogP contribution in [-0.2, 0) is 4.79 Å². The Hall–Kier alpha value is -2.50. The zero-order valence-electron chi connectivity index (χ0n) is 16.9. The molecule has 2 N–H and O–H groups in total. The van der Waals surface area contributed by atoms with Gasteiger partial charge in [-0.1, -0.05) is 48.8 Å². The van der Waals surface area contributed by atoms with Crippen molar-refractivity contribution in [3.8, 4) is 0 Å². The number of carbonyl (C=O) groups is 1. The van der Waals surface area contributed by atoms with Gasteiger partial charge in [-0.05, 0) is 30.2 Å². The molecule has 1 aromatic carbocycles. The van der Waals surface area contributed by atoms with Gasteiger partial charge < -0.3 is 15.5 Å². The lowest BCUT2D eigenvalue weighted by Gasteiger charge is -2.31. The number of rotatable bonds is 8. The zero-order chi connectivity index (χ0) is 21.6. The fourth-order valence-electron chi connectivity index (χ4n) is 3.06. The Bertz CT molecular complexity index is 883. The largest absolute Gasteiger partial charge is 0.397 e. The van der Waals surface area contributed by atoms with E-state index in [9.17, 15) is 4.79 Å². The maximum Gasteiger partial charge on any atom is 0.161 e. The number of halogens is 2. The minimum absolute atomic E-state index is 0.0763. The first-order valence-corrected chi connectivity index (χ1v) is 9.99. The van der Waals surface area contributed by atoms with Crippen LogP contribution >= 0.6 is 23.2 Å². The highest BCUT2D eigenvalue weighted by Crippen LogP contribution is 2.43. The van der Waals surface area contributed by atoms with Crippen molar-refractivity contribution in [1.82, 2.24) is 9.80 Å². The van der Waals surface area contributed by atoms with Crippen LogP contribution in [0.4, 0.5) is 0 Å². The maximum atomic E-state index is 11.2. The van der Waals surface area contributed by atoms with Crippen LogP contribution in [0.2, 0.25) is 5.02 Å². The Labute approximate surface area is 182 Å². The second kappa shape index (κ2) is 10.3. The Morgan fingerprint density at radius 1 is 1.34 bits per heavy atom. The quantitative estimate of drug-likeness (QED) is 0.281. The molecule has 1 heterocycles. The molecule has 0 saturated carbocycles. The van der Waals surface area contributed by atoms with E-state index in [4.69, 9.17) is 28.9 Å². The van der Waals surface area contributed by atoms with E-state index >= 15 is 0 Å². The molecule has 1 unspecified atom stereocenters. The smallest absolute Gasteiger partial charge is 0.161 e. The van der Waals surface area contributed by atoms with Gasteiger partial charge in [0.15, 0.2) is 6.29 Å². The molecule has 0 aliphatic carbocycles. The van der Waals surface area contributed by atoms with Gasteiger partial charge in [0.2, 0.25) is 0 Å². The molecule has 1 atom stereocenters. The third-order valence-electron chi connectivity index (χ3n) is 4.30. The summed E-state index contributed by atoms with van der Waals surface area (Å²) in [5, 5.41) is 0.718. The third-order valence-corrected chi connectivity index (χ3v) is 4.75. The van der Waals surface area contributed by atoms with E-state index in [0.717, 1.165) is 17.6 Å². The first kappa shape index (κ1) is 22.8. The Morgan fingerprint density at radius 3 is 2.55 bits per heavy atom. The summed E-state index contributed by atoms with van der Waals surface area (Å²) in [6.45, 7) is 6.95. The average molecular weight is 433 g/mol. The van der Waals surface area contributed by atoms with Crippen molar-refractivity contribution in [2.75, 3.05) is 20.6 Å². The number of carbonyl (C=O) groups excluding carboxylic acids is 1. The van der Waals surface area contributed by atoms with E-state index < -0.39 is 0 Å². The fraction of sp³-hybridized carbons (Fsp3) is 0.273. The highest BCUT2D eigenvalue weighted by atomic mass is 35.5. The summed E-state index contributed by atoms with van der Waals surface area (Å²) in [6, 6.07) is 7.27. The molecule has 29 heavy (non-hydrogen) atoms. The minimum atomic E-state index is -0.279. The number of aliphatic imine (C=N–C) groups is 1. The molecule has 0 bridgehead atoms. The van der Waals surface area contributed by atoms with Crippen molar-refractivity contribution in [2.24, 2.45) is 10.7 Å². The second-order valence-corrected chi connectivity index (χ2v) is 7.71. The molecule has 5 nitrogen and oxygen atoms in total. The Morgan fingerprint density at radius 2 is 2.00 bits per heavy atom. The monoisotopic (exact) mass is 432 g/mol. The number of benzene rings is 1. The summed E-state index contributed by atoms with van der Waals surface area (Å²) < 4.78 is 0. The zero-order valence-corrected chi connectivity index (χ0v) is 18.4. The van der Waals surface area contributed by atoms with Crippen LogP contribution in [-0.4, -0.2) is 42.9 Å².